The Morgan fingerprint density at radius 2 is 2.00 bits per heavy atom. The number of hydrogen-bond acceptors (Lipinski definition) is 3. The lowest BCUT2D eigenvalue weighted by Gasteiger charge is -2.07. The monoisotopic (exact) mass is 173 g/mol. The van der Waals surface area contributed by atoms with Crippen LogP contribution in [-0.4, -0.2) is 4.98 Å². The van der Waals surface area contributed by atoms with Crippen molar-refractivity contribution in [2.45, 2.75) is 13.3 Å². The fraction of sp³-hybridized carbons (Fsp3) is 0.286. The van der Waals surface area contributed by atoms with Crippen LogP contribution in [0.3, 0.4) is 0 Å². The highest BCUT2D eigenvalue weighted by atomic mass is 19.3. The zero-order chi connectivity index (χ0) is 9.30. The molecular weight excluding hydrogens is 164 g/mol. The summed E-state index contributed by atoms with van der Waals surface area (Å²) in [7, 11) is 0. The third-order valence-corrected chi connectivity index (χ3v) is 1.45. The number of nitrogen functional groups attached to an aromatic ring is 2. The predicted molar refractivity (Wildman–Crippen MR) is 42.8 cm³/mol. The molecule has 1 aromatic rings. The summed E-state index contributed by atoms with van der Waals surface area (Å²) in [5.41, 5.74) is 10.7. The van der Waals surface area contributed by atoms with Crippen molar-refractivity contribution in [2.24, 2.45) is 0 Å². The second kappa shape index (κ2) is 2.92. The lowest BCUT2D eigenvalue weighted by Crippen LogP contribution is -2.04. The van der Waals surface area contributed by atoms with Crippen molar-refractivity contribution in [3.05, 3.63) is 17.5 Å². The maximum absolute atomic E-state index is 12.2. The zero-order valence-corrected chi connectivity index (χ0v) is 6.51. The Kier molecular flexibility index (Phi) is 2.12. The molecule has 0 aliphatic heterocycles. The highest BCUT2D eigenvalue weighted by Gasteiger charge is 2.15. The molecule has 0 aliphatic carbocycles. The van der Waals surface area contributed by atoms with E-state index in [9.17, 15) is 8.78 Å². The van der Waals surface area contributed by atoms with Crippen molar-refractivity contribution in [1.82, 2.24) is 4.98 Å². The molecule has 4 N–H and O–H groups in total. The van der Waals surface area contributed by atoms with E-state index in [-0.39, 0.29) is 11.4 Å². The third-order valence-electron chi connectivity index (χ3n) is 1.45. The average molecular weight is 173 g/mol. The molecule has 3 nitrogen and oxygen atoms in total. The minimum Gasteiger partial charge on any atom is -0.397 e. The number of anilines is 2. The number of nitrogens with zero attached hydrogens (tertiary/aromatic N) is 1. The van der Waals surface area contributed by atoms with Gasteiger partial charge in [0, 0.05) is 5.69 Å². The predicted octanol–water partition coefficient (Wildman–Crippen LogP) is 1.49. The molecule has 0 amide bonds. The first-order valence-electron chi connectivity index (χ1n) is 3.33. The van der Waals surface area contributed by atoms with Gasteiger partial charge in [0.2, 0.25) is 0 Å². The van der Waals surface area contributed by atoms with E-state index in [1.807, 2.05) is 0 Å². The van der Waals surface area contributed by atoms with E-state index >= 15 is 0 Å². The van der Waals surface area contributed by atoms with Crippen LogP contribution in [0.25, 0.3) is 0 Å². The van der Waals surface area contributed by atoms with Crippen LogP contribution in [0.15, 0.2) is 6.07 Å². The molecule has 5 heteroatoms. The normalized spacial score (nSPS) is 10.7. The lowest BCUT2D eigenvalue weighted by atomic mass is 10.2. The SMILES string of the molecule is Cc1cc(N)c(N)c(C(F)F)n1. The maximum atomic E-state index is 12.2. The van der Waals surface area contributed by atoms with Gasteiger partial charge in [0.25, 0.3) is 6.43 Å². The van der Waals surface area contributed by atoms with Crippen molar-refractivity contribution in [3.8, 4) is 0 Å². The zero-order valence-electron chi connectivity index (χ0n) is 6.51. The first-order valence-corrected chi connectivity index (χ1v) is 3.33. The molecule has 66 valence electrons. The summed E-state index contributed by atoms with van der Waals surface area (Å²) in [4.78, 5) is 3.58. The Hall–Kier alpha value is -1.39. The highest BCUT2D eigenvalue weighted by Crippen LogP contribution is 2.27. The Morgan fingerprint density at radius 1 is 1.42 bits per heavy atom. The Balaban J connectivity index is 3.28. The molecular formula is C7H9F2N3. The van der Waals surface area contributed by atoms with Gasteiger partial charge in [-0.15, -0.1) is 0 Å². The van der Waals surface area contributed by atoms with Crippen LogP contribution in [0.4, 0.5) is 20.2 Å². The summed E-state index contributed by atoms with van der Waals surface area (Å²) in [6, 6.07) is 1.46. The van der Waals surface area contributed by atoms with E-state index in [1.54, 1.807) is 6.92 Å². The number of aromatic nitrogens is 1. The summed E-state index contributed by atoms with van der Waals surface area (Å²) >= 11 is 0. The largest absolute Gasteiger partial charge is 0.397 e. The van der Waals surface area contributed by atoms with Gasteiger partial charge in [0.15, 0.2) is 0 Å². The van der Waals surface area contributed by atoms with Gasteiger partial charge in [-0.05, 0) is 13.0 Å². The van der Waals surface area contributed by atoms with Gasteiger partial charge in [-0.1, -0.05) is 0 Å². The van der Waals surface area contributed by atoms with E-state index < -0.39 is 12.1 Å². The van der Waals surface area contributed by atoms with Gasteiger partial charge in [0.1, 0.15) is 5.69 Å². The van der Waals surface area contributed by atoms with Crippen LogP contribution >= 0.6 is 0 Å². The summed E-state index contributed by atoms with van der Waals surface area (Å²) in [6.45, 7) is 1.58. The lowest BCUT2D eigenvalue weighted by molar-refractivity contribution is 0.147. The molecule has 0 atom stereocenters. The Bertz CT molecular complexity index is 299. The summed E-state index contributed by atoms with van der Waals surface area (Å²) in [5, 5.41) is 0. The Morgan fingerprint density at radius 3 is 2.50 bits per heavy atom. The van der Waals surface area contributed by atoms with Crippen molar-refractivity contribution >= 4 is 11.4 Å². The smallest absolute Gasteiger partial charge is 0.282 e. The van der Waals surface area contributed by atoms with Crippen molar-refractivity contribution in [3.63, 3.8) is 0 Å². The highest BCUT2D eigenvalue weighted by molar-refractivity contribution is 5.66. The van der Waals surface area contributed by atoms with Gasteiger partial charge in [-0.25, -0.2) is 13.8 Å². The van der Waals surface area contributed by atoms with Crippen LogP contribution in [0.1, 0.15) is 17.8 Å². The fourth-order valence-electron chi connectivity index (χ4n) is 0.900. The molecule has 0 aliphatic rings. The van der Waals surface area contributed by atoms with Crippen molar-refractivity contribution < 1.29 is 8.78 Å². The number of pyridine rings is 1. The molecule has 12 heavy (non-hydrogen) atoms. The third kappa shape index (κ3) is 1.44. The number of halogens is 2. The topological polar surface area (TPSA) is 64.9 Å². The standard InChI is InChI=1S/C7H9F2N3/c1-3-2-4(10)5(11)6(12-3)7(8)9/h2,7H,11H2,1H3,(H2,10,12). The fourth-order valence-corrected chi connectivity index (χ4v) is 0.900. The molecule has 1 aromatic heterocycles. The molecule has 0 bridgehead atoms. The van der Waals surface area contributed by atoms with Gasteiger partial charge < -0.3 is 11.5 Å². The van der Waals surface area contributed by atoms with Crippen LogP contribution in [0, 0.1) is 6.92 Å². The quantitative estimate of drug-likeness (QED) is 0.676. The maximum Gasteiger partial charge on any atom is 0.282 e. The van der Waals surface area contributed by atoms with Gasteiger partial charge in [-0.3, -0.25) is 0 Å². The van der Waals surface area contributed by atoms with Crippen molar-refractivity contribution in [1.29, 1.82) is 0 Å². The van der Waals surface area contributed by atoms with E-state index in [0.29, 0.717) is 5.69 Å². The minimum atomic E-state index is -2.67. The molecule has 0 saturated heterocycles. The summed E-state index contributed by atoms with van der Waals surface area (Å²) in [5.74, 6) is 0. The number of alkyl halides is 2. The van der Waals surface area contributed by atoms with Gasteiger partial charge in [0.05, 0.1) is 11.4 Å². The summed E-state index contributed by atoms with van der Waals surface area (Å²) < 4.78 is 24.4. The molecule has 0 spiro atoms. The number of nitrogens with two attached hydrogens (primary N) is 2. The molecule has 0 unspecified atom stereocenters. The molecule has 1 heterocycles. The second-order valence-corrected chi connectivity index (χ2v) is 2.45. The van der Waals surface area contributed by atoms with E-state index in [1.165, 1.54) is 6.07 Å². The summed E-state index contributed by atoms with van der Waals surface area (Å²) in [6.07, 6.45) is -2.67. The van der Waals surface area contributed by atoms with Gasteiger partial charge >= 0.3 is 0 Å². The van der Waals surface area contributed by atoms with Gasteiger partial charge in [-0.2, -0.15) is 0 Å². The Labute approximate surface area is 68.4 Å². The number of hydrogen-bond donors (Lipinski definition) is 2. The molecule has 0 fully saturated rings. The molecule has 1 rings (SSSR count). The van der Waals surface area contributed by atoms with Crippen LogP contribution < -0.4 is 11.5 Å². The molecule has 0 radical (unpaired) electrons. The van der Waals surface area contributed by atoms with E-state index in [4.69, 9.17) is 11.5 Å². The van der Waals surface area contributed by atoms with E-state index in [0.717, 1.165) is 0 Å². The number of aryl methyl sites for hydroxylation is 1. The number of rotatable bonds is 1. The first-order chi connectivity index (χ1) is 5.52. The van der Waals surface area contributed by atoms with Crippen LogP contribution in [0.5, 0.6) is 0 Å². The second-order valence-electron chi connectivity index (χ2n) is 2.45. The van der Waals surface area contributed by atoms with Crippen LogP contribution in [0.2, 0.25) is 0 Å². The van der Waals surface area contributed by atoms with E-state index in [2.05, 4.69) is 4.98 Å². The average Bonchev–Trinajstić information content (AvgIpc) is 1.96. The molecule has 0 aromatic carbocycles. The van der Waals surface area contributed by atoms with Crippen molar-refractivity contribution in [2.75, 3.05) is 11.5 Å². The first kappa shape index (κ1) is 8.70. The molecule has 0 saturated carbocycles. The van der Waals surface area contributed by atoms with Crippen LogP contribution in [-0.2, 0) is 0 Å². The minimum absolute atomic E-state index is 0.129.